The van der Waals surface area contributed by atoms with Crippen LogP contribution >= 0.6 is 0 Å². The Bertz CT molecular complexity index is 458. The number of hydrogen-bond acceptors (Lipinski definition) is 4. The second-order valence-corrected chi connectivity index (χ2v) is 6.37. The lowest BCUT2D eigenvalue weighted by atomic mass is 10.0. The number of nitrogens with zero attached hydrogens (tertiary/aromatic N) is 2. The molecule has 0 unspecified atom stereocenters. The van der Waals surface area contributed by atoms with Crippen LogP contribution in [-0.4, -0.2) is 49.1 Å². The van der Waals surface area contributed by atoms with E-state index >= 15 is 0 Å². The Balaban J connectivity index is 1.85. The molecule has 6 nitrogen and oxygen atoms in total. The van der Waals surface area contributed by atoms with Crippen molar-refractivity contribution in [3.05, 3.63) is 12.4 Å². The molecule has 0 radical (unpaired) electrons. The van der Waals surface area contributed by atoms with Crippen molar-refractivity contribution in [2.75, 3.05) is 26.2 Å². The molecule has 7 heteroatoms. The van der Waals surface area contributed by atoms with Gasteiger partial charge in [0.1, 0.15) is 4.90 Å². The normalized spacial score (nSPS) is 30.8. The number of nitrogens with one attached hydrogen (secondary N) is 2. The Hall–Kier alpha value is -0.920. The predicted octanol–water partition coefficient (Wildman–Crippen LogP) is -0.750. The first-order valence-corrected chi connectivity index (χ1v) is 6.81. The Morgan fingerprint density at radius 3 is 2.56 bits per heavy atom. The first-order valence-electron chi connectivity index (χ1n) is 5.37. The van der Waals surface area contributed by atoms with E-state index in [0.29, 0.717) is 24.9 Å². The monoisotopic (exact) mass is 242 g/mol. The van der Waals surface area contributed by atoms with E-state index < -0.39 is 10.0 Å². The van der Waals surface area contributed by atoms with Gasteiger partial charge in [-0.15, -0.1) is 0 Å². The Kier molecular flexibility index (Phi) is 2.27. The first kappa shape index (κ1) is 10.2. The van der Waals surface area contributed by atoms with Crippen molar-refractivity contribution in [1.82, 2.24) is 19.8 Å². The third-order valence-corrected chi connectivity index (χ3v) is 5.26. The summed E-state index contributed by atoms with van der Waals surface area (Å²) in [5.41, 5.74) is 0. The molecule has 2 saturated heterocycles. The maximum absolute atomic E-state index is 12.2. The molecule has 0 spiro atoms. The molecular weight excluding hydrogens is 228 g/mol. The summed E-state index contributed by atoms with van der Waals surface area (Å²) in [6.07, 6.45) is 2.80. The van der Waals surface area contributed by atoms with Gasteiger partial charge in [0.05, 0.1) is 6.20 Å². The summed E-state index contributed by atoms with van der Waals surface area (Å²) >= 11 is 0. The molecule has 0 aromatic carbocycles. The van der Waals surface area contributed by atoms with Crippen molar-refractivity contribution in [3.8, 4) is 0 Å². The van der Waals surface area contributed by atoms with Gasteiger partial charge in [-0.05, 0) is 24.9 Å². The molecule has 2 atom stereocenters. The van der Waals surface area contributed by atoms with E-state index in [2.05, 4.69) is 15.5 Å². The van der Waals surface area contributed by atoms with Crippen LogP contribution in [0.1, 0.15) is 0 Å². The number of sulfonamides is 1. The van der Waals surface area contributed by atoms with Crippen molar-refractivity contribution in [2.45, 2.75) is 4.90 Å². The van der Waals surface area contributed by atoms with E-state index in [1.165, 1.54) is 12.4 Å². The molecule has 0 saturated carbocycles. The van der Waals surface area contributed by atoms with Crippen molar-refractivity contribution in [3.63, 3.8) is 0 Å². The van der Waals surface area contributed by atoms with Crippen LogP contribution in [0.15, 0.2) is 17.3 Å². The zero-order valence-electron chi connectivity index (χ0n) is 8.76. The fourth-order valence-electron chi connectivity index (χ4n) is 2.54. The average molecular weight is 242 g/mol. The van der Waals surface area contributed by atoms with Crippen molar-refractivity contribution in [2.24, 2.45) is 11.8 Å². The molecule has 2 N–H and O–H groups in total. The van der Waals surface area contributed by atoms with Gasteiger partial charge in [-0.1, -0.05) is 0 Å². The highest BCUT2D eigenvalue weighted by Crippen LogP contribution is 2.30. The highest BCUT2D eigenvalue weighted by molar-refractivity contribution is 7.89. The van der Waals surface area contributed by atoms with E-state index in [1.54, 1.807) is 4.31 Å². The summed E-state index contributed by atoms with van der Waals surface area (Å²) in [6.45, 7) is 3.13. The van der Waals surface area contributed by atoms with Crippen LogP contribution in [0.2, 0.25) is 0 Å². The lowest BCUT2D eigenvalue weighted by Gasteiger charge is -2.15. The zero-order valence-corrected chi connectivity index (χ0v) is 9.57. The summed E-state index contributed by atoms with van der Waals surface area (Å²) in [7, 11) is -3.33. The molecule has 3 heterocycles. The molecule has 16 heavy (non-hydrogen) atoms. The van der Waals surface area contributed by atoms with Crippen LogP contribution in [0, 0.1) is 11.8 Å². The highest BCUT2D eigenvalue weighted by Gasteiger charge is 2.41. The van der Waals surface area contributed by atoms with Gasteiger partial charge in [-0.2, -0.15) is 9.40 Å². The van der Waals surface area contributed by atoms with Gasteiger partial charge in [-0.3, -0.25) is 5.10 Å². The molecule has 1 aromatic rings. The van der Waals surface area contributed by atoms with Gasteiger partial charge in [0, 0.05) is 19.3 Å². The fraction of sp³-hybridized carbons (Fsp3) is 0.667. The van der Waals surface area contributed by atoms with E-state index in [-0.39, 0.29) is 4.90 Å². The smallest absolute Gasteiger partial charge is 0.246 e. The molecule has 0 amide bonds. The average Bonchev–Trinajstić information content (AvgIpc) is 2.94. The van der Waals surface area contributed by atoms with Crippen LogP contribution in [0.4, 0.5) is 0 Å². The van der Waals surface area contributed by atoms with Crippen LogP contribution in [0.3, 0.4) is 0 Å². The minimum absolute atomic E-state index is 0.264. The first-order chi connectivity index (χ1) is 7.68. The summed E-state index contributed by atoms with van der Waals surface area (Å²) in [6, 6.07) is 0. The number of aromatic amines is 1. The van der Waals surface area contributed by atoms with Gasteiger partial charge >= 0.3 is 0 Å². The number of hydrogen-bond donors (Lipinski definition) is 2. The molecular formula is C9H14N4O2S. The quantitative estimate of drug-likeness (QED) is 0.715. The maximum Gasteiger partial charge on any atom is 0.246 e. The molecule has 2 aliphatic rings. The second-order valence-electron chi connectivity index (χ2n) is 4.43. The van der Waals surface area contributed by atoms with Gasteiger partial charge in [0.15, 0.2) is 0 Å². The third kappa shape index (κ3) is 1.47. The molecule has 0 aliphatic carbocycles. The van der Waals surface area contributed by atoms with Crippen LogP contribution in [0.25, 0.3) is 0 Å². The van der Waals surface area contributed by atoms with Crippen LogP contribution < -0.4 is 5.32 Å². The second kappa shape index (κ2) is 3.54. The minimum atomic E-state index is -3.33. The zero-order chi connectivity index (χ0) is 11.2. The molecule has 2 fully saturated rings. The van der Waals surface area contributed by atoms with Crippen LogP contribution in [-0.2, 0) is 10.0 Å². The van der Waals surface area contributed by atoms with E-state index in [1.807, 2.05) is 0 Å². The van der Waals surface area contributed by atoms with Crippen molar-refractivity contribution in [1.29, 1.82) is 0 Å². The fourth-order valence-corrected chi connectivity index (χ4v) is 4.00. The molecule has 1 aromatic heterocycles. The lowest BCUT2D eigenvalue weighted by molar-refractivity contribution is 0.448. The number of rotatable bonds is 2. The standard InChI is InChI=1S/C9H14N4O2S/c14-16(15,9-3-11-12-4-9)13-5-7-1-10-2-8(7)6-13/h3-4,7-8,10H,1-2,5-6H2,(H,11,12)/t7-,8+. The van der Waals surface area contributed by atoms with E-state index in [0.717, 1.165) is 13.1 Å². The van der Waals surface area contributed by atoms with E-state index in [9.17, 15) is 8.42 Å². The van der Waals surface area contributed by atoms with Gasteiger partial charge in [0.25, 0.3) is 0 Å². The molecule has 0 bridgehead atoms. The number of H-pyrrole nitrogens is 1. The Labute approximate surface area is 94.1 Å². The van der Waals surface area contributed by atoms with Gasteiger partial charge in [0.2, 0.25) is 10.0 Å². The summed E-state index contributed by atoms with van der Waals surface area (Å²) < 4.78 is 25.9. The van der Waals surface area contributed by atoms with Crippen molar-refractivity contribution >= 4 is 10.0 Å². The SMILES string of the molecule is O=S(=O)(c1cn[nH]c1)N1C[C@H]2CNC[C@H]2C1. The summed E-state index contributed by atoms with van der Waals surface area (Å²) in [5, 5.41) is 9.52. The van der Waals surface area contributed by atoms with E-state index in [4.69, 9.17) is 0 Å². The summed E-state index contributed by atoms with van der Waals surface area (Å²) in [4.78, 5) is 0.264. The van der Waals surface area contributed by atoms with Crippen LogP contribution in [0.5, 0.6) is 0 Å². The number of fused-ring (bicyclic) bond motifs is 1. The third-order valence-electron chi connectivity index (χ3n) is 3.47. The van der Waals surface area contributed by atoms with Crippen molar-refractivity contribution < 1.29 is 8.42 Å². The van der Waals surface area contributed by atoms with Gasteiger partial charge in [-0.25, -0.2) is 8.42 Å². The lowest BCUT2D eigenvalue weighted by Crippen LogP contribution is -2.31. The highest BCUT2D eigenvalue weighted by atomic mass is 32.2. The summed E-state index contributed by atoms with van der Waals surface area (Å²) in [5.74, 6) is 0.948. The Morgan fingerprint density at radius 1 is 1.31 bits per heavy atom. The molecule has 88 valence electrons. The molecule has 3 rings (SSSR count). The predicted molar refractivity (Wildman–Crippen MR) is 57.2 cm³/mol. The maximum atomic E-state index is 12.2. The van der Waals surface area contributed by atoms with Gasteiger partial charge < -0.3 is 5.32 Å². The Morgan fingerprint density at radius 2 is 2.00 bits per heavy atom. The largest absolute Gasteiger partial charge is 0.316 e. The topological polar surface area (TPSA) is 78.1 Å². The minimum Gasteiger partial charge on any atom is -0.316 e. The molecule has 2 aliphatic heterocycles. The number of aromatic nitrogens is 2.